The Morgan fingerprint density at radius 1 is 1.15 bits per heavy atom. The molecule has 0 aliphatic rings. The number of aromatic nitrogens is 1. The van der Waals surface area contributed by atoms with E-state index in [1.807, 2.05) is 43.3 Å². The zero-order valence-corrected chi connectivity index (χ0v) is 15.5. The van der Waals surface area contributed by atoms with Gasteiger partial charge in [-0.2, -0.15) is 0 Å². The number of fused-ring (bicyclic) bond motifs is 1. The van der Waals surface area contributed by atoms with Crippen molar-refractivity contribution in [3.05, 3.63) is 70.0 Å². The number of benzene rings is 2. The highest BCUT2D eigenvalue weighted by molar-refractivity contribution is 5.79. The molecule has 0 fully saturated rings. The lowest BCUT2D eigenvalue weighted by atomic mass is 10.1. The summed E-state index contributed by atoms with van der Waals surface area (Å²) in [6, 6.07) is 15.1. The molecule has 0 aliphatic heterocycles. The molecule has 3 aromatic rings. The van der Waals surface area contributed by atoms with Crippen LogP contribution in [0.3, 0.4) is 0 Å². The molecule has 0 saturated heterocycles. The number of para-hydroxylation sites is 2. The van der Waals surface area contributed by atoms with Crippen LogP contribution in [-0.2, 0) is 6.54 Å². The lowest BCUT2D eigenvalue weighted by Crippen LogP contribution is -2.32. The summed E-state index contributed by atoms with van der Waals surface area (Å²) in [6.45, 7) is 2.79. The van der Waals surface area contributed by atoms with Gasteiger partial charge in [0.05, 0.1) is 7.11 Å². The van der Waals surface area contributed by atoms with Gasteiger partial charge in [0.15, 0.2) is 11.5 Å². The number of rotatable bonds is 8. The number of hydrogen-bond donors (Lipinski definition) is 3. The van der Waals surface area contributed by atoms with Crippen molar-refractivity contribution in [2.75, 3.05) is 20.3 Å². The molecule has 0 bridgehead atoms. The van der Waals surface area contributed by atoms with E-state index in [1.165, 1.54) is 0 Å². The highest BCUT2D eigenvalue weighted by Crippen LogP contribution is 2.25. The molecule has 0 radical (unpaired) electrons. The van der Waals surface area contributed by atoms with E-state index in [4.69, 9.17) is 9.47 Å². The van der Waals surface area contributed by atoms with E-state index in [-0.39, 0.29) is 12.2 Å². The van der Waals surface area contributed by atoms with Crippen molar-refractivity contribution in [2.45, 2.75) is 19.6 Å². The normalized spacial score (nSPS) is 12.1. The summed E-state index contributed by atoms with van der Waals surface area (Å²) in [5.41, 5.74) is 2.43. The Labute approximate surface area is 157 Å². The Kier molecular flexibility index (Phi) is 6.11. The Morgan fingerprint density at radius 3 is 2.70 bits per heavy atom. The molecule has 142 valence electrons. The quantitative estimate of drug-likeness (QED) is 0.569. The third-order valence-corrected chi connectivity index (χ3v) is 4.27. The van der Waals surface area contributed by atoms with Crippen molar-refractivity contribution in [3.63, 3.8) is 0 Å². The number of aryl methyl sites for hydroxylation is 1. The van der Waals surface area contributed by atoms with E-state index in [1.54, 1.807) is 19.2 Å². The van der Waals surface area contributed by atoms with Crippen LogP contribution in [0.4, 0.5) is 0 Å². The number of hydrogen-bond acceptors (Lipinski definition) is 5. The number of ether oxygens (including phenoxy) is 2. The van der Waals surface area contributed by atoms with Gasteiger partial charge in [-0.15, -0.1) is 0 Å². The molecular formula is C21H24N2O4. The van der Waals surface area contributed by atoms with Gasteiger partial charge in [-0.25, -0.2) is 0 Å². The van der Waals surface area contributed by atoms with Gasteiger partial charge in [-0.3, -0.25) is 4.79 Å². The molecule has 0 spiro atoms. The van der Waals surface area contributed by atoms with E-state index < -0.39 is 6.10 Å². The van der Waals surface area contributed by atoms with Crippen LogP contribution in [0.15, 0.2) is 53.3 Å². The Hall–Kier alpha value is -2.83. The molecule has 0 saturated carbocycles. The number of methoxy groups -OCH3 is 1. The number of aromatic amines is 1. The van der Waals surface area contributed by atoms with Crippen molar-refractivity contribution in [1.82, 2.24) is 10.3 Å². The first-order valence-corrected chi connectivity index (χ1v) is 8.84. The molecule has 0 aliphatic carbocycles. The van der Waals surface area contributed by atoms with Gasteiger partial charge in [-0.05, 0) is 42.1 Å². The third-order valence-electron chi connectivity index (χ3n) is 4.27. The van der Waals surface area contributed by atoms with Crippen LogP contribution in [0.1, 0.15) is 11.1 Å². The van der Waals surface area contributed by atoms with Gasteiger partial charge >= 0.3 is 0 Å². The zero-order valence-electron chi connectivity index (χ0n) is 15.5. The van der Waals surface area contributed by atoms with E-state index >= 15 is 0 Å². The van der Waals surface area contributed by atoms with Gasteiger partial charge in [0.2, 0.25) is 0 Å². The van der Waals surface area contributed by atoms with Gasteiger partial charge in [0, 0.05) is 24.2 Å². The van der Waals surface area contributed by atoms with Crippen molar-refractivity contribution >= 4 is 10.9 Å². The van der Waals surface area contributed by atoms with E-state index in [0.717, 1.165) is 16.5 Å². The van der Waals surface area contributed by atoms with Crippen LogP contribution in [-0.4, -0.2) is 36.5 Å². The maximum atomic E-state index is 12.2. The van der Waals surface area contributed by atoms with E-state index in [2.05, 4.69) is 10.3 Å². The predicted octanol–water partition coefficient (Wildman–Crippen LogP) is 2.37. The minimum atomic E-state index is -0.711. The number of H-pyrrole nitrogens is 1. The van der Waals surface area contributed by atoms with E-state index in [9.17, 15) is 9.90 Å². The molecule has 3 rings (SSSR count). The molecule has 1 unspecified atom stereocenters. The third kappa shape index (κ3) is 4.87. The maximum Gasteiger partial charge on any atom is 0.252 e. The zero-order chi connectivity index (χ0) is 19.2. The fourth-order valence-corrected chi connectivity index (χ4v) is 2.85. The summed E-state index contributed by atoms with van der Waals surface area (Å²) in [6.07, 6.45) is -0.711. The van der Waals surface area contributed by atoms with E-state index in [0.29, 0.717) is 30.2 Å². The summed E-state index contributed by atoms with van der Waals surface area (Å²) in [5.74, 6) is 1.20. The van der Waals surface area contributed by atoms with Crippen LogP contribution < -0.4 is 20.3 Å². The SMILES string of the molecule is COc1ccccc1OCC(O)CNCc1cc2ccc(C)cc2[nH]c1=O. The number of nitrogens with one attached hydrogen (secondary N) is 2. The van der Waals surface area contributed by atoms with Crippen molar-refractivity contribution in [3.8, 4) is 11.5 Å². The largest absolute Gasteiger partial charge is 0.493 e. The fourth-order valence-electron chi connectivity index (χ4n) is 2.85. The fraction of sp³-hybridized carbons (Fsp3) is 0.286. The lowest BCUT2D eigenvalue weighted by molar-refractivity contribution is 0.104. The standard InChI is InChI=1S/C21H24N2O4/c1-14-7-8-15-10-16(21(25)23-18(15)9-14)11-22-12-17(24)13-27-20-6-4-3-5-19(20)26-2/h3-10,17,22,24H,11-13H2,1-2H3,(H,23,25). The number of pyridine rings is 1. The van der Waals surface area contributed by atoms with Crippen LogP contribution in [0.25, 0.3) is 10.9 Å². The summed E-state index contributed by atoms with van der Waals surface area (Å²) in [7, 11) is 1.57. The molecule has 2 aromatic carbocycles. The van der Waals surface area contributed by atoms with Gasteiger partial charge in [-0.1, -0.05) is 24.3 Å². The van der Waals surface area contributed by atoms with Crippen LogP contribution in [0.2, 0.25) is 0 Å². The molecule has 27 heavy (non-hydrogen) atoms. The Balaban J connectivity index is 1.53. The van der Waals surface area contributed by atoms with Gasteiger partial charge in [0.1, 0.15) is 12.7 Å². The average molecular weight is 368 g/mol. The van der Waals surface area contributed by atoms with Crippen LogP contribution >= 0.6 is 0 Å². The summed E-state index contributed by atoms with van der Waals surface area (Å²) in [5, 5.41) is 14.2. The highest BCUT2D eigenvalue weighted by atomic mass is 16.5. The first-order valence-electron chi connectivity index (χ1n) is 8.84. The first-order chi connectivity index (χ1) is 13.1. The summed E-state index contributed by atoms with van der Waals surface area (Å²) in [4.78, 5) is 15.1. The second-order valence-electron chi connectivity index (χ2n) is 6.46. The molecule has 6 nitrogen and oxygen atoms in total. The maximum absolute atomic E-state index is 12.2. The van der Waals surface area contributed by atoms with Crippen molar-refractivity contribution in [1.29, 1.82) is 0 Å². The molecule has 3 N–H and O–H groups in total. The molecule has 1 atom stereocenters. The van der Waals surface area contributed by atoms with Gasteiger partial charge < -0.3 is 24.9 Å². The monoisotopic (exact) mass is 368 g/mol. The van der Waals surface area contributed by atoms with Crippen molar-refractivity contribution in [2.24, 2.45) is 0 Å². The molecule has 6 heteroatoms. The molecule has 1 heterocycles. The smallest absolute Gasteiger partial charge is 0.252 e. The second-order valence-corrected chi connectivity index (χ2v) is 6.46. The van der Waals surface area contributed by atoms with Crippen LogP contribution in [0.5, 0.6) is 11.5 Å². The second kappa shape index (κ2) is 8.70. The summed E-state index contributed by atoms with van der Waals surface area (Å²) >= 11 is 0. The number of aliphatic hydroxyl groups is 1. The predicted molar refractivity (Wildman–Crippen MR) is 106 cm³/mol. The topological polar surface area (TPSA) is 83.6 Å². The first kappa shape index (κ1) is 18.9. The van der Waals surface area contributed by atoms with Crippen molar-refractivity contribution < 1.29 is 14.6 Å². The average Bonchev–Trinajstić information content (AvgIpc) is 2.67. The van der Waals surface area contributed by atoms with Crippen LogP contribution in [0, 0.1) is 6.92 Å². The molecular weight excluding hydrogens is 344 g/mol. The lowest BCUT2D eigenvalue weighted by Gasteiger charge is -2.15. The minimum absolute atomic E-state index is 0.125. The summed E-state index contributed by atoms with van der Waals surface area (Å²) < 4.78 is 10.8. The number of aliphatic hydroxyl groups excluding tert-OH is 1. The molecule has 1 aromatic heterocycles. The Bertz CT molecular complexity index is 968. The minimum Gasteiger partial charge on any atom is -0.493 e. The van der Waals surface area contributed by atoms with Gasteiger partial charge in [0.25, 0.3) is 5.56 Å². The molecule has 0 amide bonds. The highest BCUT2D eigenvalue weighted by Gasteiger charge is 2.09. The Morgan fingerprint density at radius 2 is 1.93 bits per heavy atom.